The number of benzene rings is 1. The Balaban J connectivity index is 1.71. The van der Waals surface area contributed by atoms with Gasteiger partial charge < -0.3 is 14.5 Å². The van der Waals surface area contributed by atoms with Crippen LogP contribution in [0.2, 0.25) is 0 Å². The molecule has 1 aromatic rings. The minimum absolute atomic E-state index is 0.0287. The van der Waals surface area contributed by atoms with Gasteiger partial charge >= 0.3 is 0 Å². The quantitative estimate of drug-likeness (QED) is 0.837. The first-order chi connectivity index (χ1) is 11.4. The van der Waals surface area contributed by atoms with E-state index in [1.54, 1.807) is 9.80 Å². The van der Waals surface area contributed by atoms with Crippen molar-refractivity contribution >= 4 is 17.5 Å². The van der Waals surface area contributed by atoms with Gasteiger partial charge in [0.2, 0.25) is 5.91 Å². The van der Waals surface area contributed by atoms with Gasteiger partial charge in [0.05, 0.1) is 0 Å². The van der Waals surface area contributed by atoms with Crippen LogP contribution in [0.3, 0.4) is 0 Å². The summed E-state index contributed by atoms with van der Waals surface area (Å²) in [6.45, 7) is 7.75. The number of hydrogen-bond donors (Lipinski definition) is 0. The Morgan fingerprint density at radius 1 is 1.12 bits per heavy atom. The molecule has 0 spiro atoms. The standard InChI is InChI=1S/C19H26N2O3/c1-14-10-15(2)12-16(11-14)21-8-7-20(13-17(21)22)18(23)19(3)6-4-5-9-24-19/h10-12H,4-9,13H2,1-3H3/t19-/m1/s1. The summed E-state index contributed by atoms with van der Waals surface area (Å²) in [5.41, 5.74) is 2.43. The number of aryl methyl sites for hydroxylation is 2. The lowest BCUT2D eigenvalue weighted by molar-refractivity contribution is -0.163. The molecule has 1 aromatic carbocycles. The maximum Gasteiger partial charge on any atom is 0.255 e. The lowest BCUT2D eigenvalue weighted by atomic mass is 9.94. The maximum absolute atomic E-state index is 12.8. The van der Waals surface area contributed by atoms with Crippen molar-refractivity contribution in [1.29, 1.82) is 0 Å². The molecule has 3 rings (SSSR count). The monoisotopic (exact) mass is 330 g/mol. The molecule has 0 bridgehead atoms. The molecule has 5 nitrogen and oxygen atoms in total. The molecule has 0 unspecified atom stereocenters. The molecule has 130 valence electrons. The Hall–Kier alpha value is -1.88. The van der Waals surface area contributed by atoms with Gasteiger partial charge in [-0.1, -0.05) is 6.07 Å². The number of piperazine rings is 1. The van der Waals surface area contributed by atoms with E-state index in [-0.39, 0.29) is 18.4 Å². The lowest BCUT2D eigenvalue weighted by Gasteiger charge is -2.40. The summed E-state index contributed by atoms with van der Waals surface area (Å²) >= 11 is 0. The predicted molar refractivity (Wildman–Crippen MR) is 93.1 cm³/mol. The fourth-order valence-electron chi connectivity index (χ4n) is 3.66. The van der Waals surface area contributed by atoms with Crippen molar-refractivity contribution in [3.05, 3.63) is 29.3 Å². The Morgan fingerprint density at radius 3 is 2.42 bits per heavy atom. The van der Waals surface area contributed by atoms with Crippen molar-refractivity contribution in [2.75, 3.05) is 31.1 Å². The minimum Gasteiger partial charge on any atom is -0.365 e. The second-order valence-electron chi connectivity index (χ2n) is 7.15. The number of nitrogens with zero attached hydrogens (tertiary/aromatic N) is 2. The Bertz CT molecular complexity index is 630. The first-order valence-electron chi connectivity index (χ1n) is 8.71. The zero-order valence-corrected chi connectivity index (χ0v) is 14.8. The van der Waals surface area contributed by atoms with E-state index >= 15 is 0 Å². The Kier molecular flexibility index (Phi) is 4.63. The number of carbonyl (C=O) groups excluding carboxylic acids is 2. The summed E-state index contributed by atoms with van der Waals surface area (Å²) in [6.07, 6.45) is 2.73. The SMILES string of the molecule is Cc1cc(C)cc(N2CCN(C(=O)[C@@]3(C)CCCCO3)CC2=O)c1. The van der Waals surface area contributed by atoms with E-state index in [9.17, 15) is 9.59 Å². The lowest BCUT2D eigenvalue weighted by Crippen LogP contribution is -2.58. The van der Waals surface area contributed by atoms with Crippen molar-refractivity contribution < 1.29 is 14.3 Å². The first kappa shape index (κ1) is 17.0. The highest BCUT2D eigenvalue weighted by molar-refractivity contribution is 5.99. The van der Waals surface area contributed by atoms with Gasteiger partial charge in [0.25, 0.3) is 5.91 Å². The molecule has 2 amide bonds. The van der Waals surface area contributed by atoms with Crippen LogP contribution in [0.25, 0.3) is 0 Å². The fraction of sp³-hybridized carbons (Fsp3) is 0.579. The van der Waals surface area contributed by atoms with Crippen LogP contribution in [0, 0.1) is 13.8 Å². The average Bonchev–Trinajstić information content (AvgIpc) is 2.53. The third-order valence-electron chi connectivity index (χ3n) is 4.95. The van der Waals surface area contributed by atoms with E-state index < -0.39 is 5.60 Å². The number of rotatable bonds is 2. The third kappa shape index (κ3) is 3.31. The van der Waals surface area contributed by atoms with Crippen LogP contribution in [-0.2, 0) is 14.3 Å². The highest BCUT2D eigenvalue weighted by Crippen LogP contribution is 2.28. The maximum atomic E-state index is 12.8. The van der Waals surface area contributed by atoms with Crippen molar-refractivity contribution in [2.24, 2.45) is 0 Å². The zero-order valence-electron chi connectivity index (χ0n) is 14.8. The van der Waals surface area contributed by atoms with Crippen LogP contribution in [0.15, 0.2) is 18.2 Å². The predicted octanol–water partition coefficient (Wildman–Crippen LogP) is 2.44. The van der Waals surface area contributed by atoms with Crippen molar-refractivity contribution in [3.8, 4) is 0 Å². The van der Waals surface area contributed by atoms with E-state index in [4.69, 9.17) is 4.74 Å². The van der Waals surface area contributed by atoms with Gasteiger partial charge in [-0.25, -0.2) is 0 Å². The molecule has 0 aromatic heterocycles. The van der Waals surface area contributed by atoms with Gasteiger partial charge in [-0.3, -0.25) is 9.59 Å². The topological polar surface area (TPSA) is 49.9 Å². The summed E-state index contributed by atoms with van der Waals surface area (Å²) in [5.74, 6) is -0.0744. The summed E-state index contributed by atoms with van der Waals surface area (Å²) in [7, 11) is 0. The Morgan fingerprint density at radius 2 is 1.83 bits per heavy atom. The molecule has 0 N–H and O–H groups in total. The van der Waals surface area contributed by atoms with Crippen LogP contribution in [0.1, 0.15) is 37.3 Å². The summed E-state index contributed by atoms with van der Waals surface area (Å²) < 4.78 is 5.74. The van der Waals surface area contributed by atoms with Gasteiger partial charge in [-0.2, -0.15) is 0 Å². The van der Waals surface area contributed by atoms with E-state index in [1.165, 1.54) is 0 Å². The van der Waals surface area contributed by atoms with Gasteiger partial charge in [0, 0.05) is 25.4 Å². The molecular formula is C19H26N2O3. The molecule has 0 aliphatic carbocycles. The molecule has 5 heteroatoms. The molecule has 24 heavy (non-hydrogen) atoms. The molecule has 2 aliphatic rings. The van der Waals surface area contributed by atoms with Gasteiger partial charge in [-0.15, -0.1) is 0 Å². The molecule has 1 atom stereocenters. The second-order valence-corrected chi connectivity index (χ2v) is 7.15. The smallest absolute Gasteiger partial charge is 0.255 e. The zero-order chi connectivity index (χ0) is 17.3. The number of anilines is 1. The van der Waals surface area contributed by atoms with E-state index in [2.05, 4.69) is 6.07 Å². The van der Waals surface area contributed by atoms with Gasteiger partial charge in [0.15, 0.2) is 0 Å². The van der Waals surface area contributed by atoms with E-state index in [1.807, 2.05) is 32.9 Å². The molecule has 2 saturated heterocycles. The van der Waals surface area contributed by atoms with Gasteiger partial charge in [0.1, 0.15) is 12.1 Å². The highest BCUT2D eigenvalue weighted by atomic mass is 16.5. The molecule has 2 aliphatic heterocycles. The molecule has 0 saturated carbocycles. The molecular weight excluding hydrogens is 304 g/mol. The van der Waals surface area contributed by atoms with E-state index in [0.29, 0.717) is 19.7 Å². The number of ether oxygens (including phenoxy) is 1. The summed E-state index contributed by atoms with van der Waals surface area (Å²) in [5, 5.41) is 0. The number of carbonyl (C=O) groups is 2. The van der Waals surface area contributed by atoms with E-state index in [0.717, 1.165) is 36.1 Å². The van der Waals surface area contributed by atoms with Crippen molar-refractivity contribution in [3.63, 3.8) is 0 Å². The summed E-state index contributed by atoms with van der Waals surface area (Å²) in [4.78, 5) is 28.9. The molecule has 0 radical (unpaired) electrons. The first-order valence-corrected chi connectivity index (χ1v) is 8.71. The Labute approximate surface area is 143 Å². The average molecular weight is 330 g/mol. The second kappa shape index (κ2) is 6.55. The van der Waals surface area contributed by atoms with Gasteiger partial charge in [-0.05, 0) is 63.3 Å². The molecule has 2 fully saturated rings. The molecule has 2 heterocycles. The van der Waals surface area contributed by atoms with Crippen LogP contribution in [-0.4, -0.2) is 48.6 Å². The van der Waals surface area contributed by atoms with Crippen molar-refractivity contribution in [2.45, 2.75) is 45.6 Å². The third-order valence-corrected chi connectivity index (χ3v) is 4.95. The highest BCUT2D eigenvalue weighted by Gasteiger charge is 2.41. The largest absolute Gasteiger partial charge is 0.365 e. The van der Waals surface area contributed by atoms with Crippen LogP contribution in [0.4, 0.5) is 5.69 Å². The van der Waals surface area contributed by atoms with Crippen LogP contribution in [0.5, 0.6) is 0 Å². The van der Waals surface area contributed by atoms with Crippen LogP contribution < -0.4 is 4.90 Å². The van der Waals surface area contributed by atoms with Crippen LogP contribution >= 0.6 is 0 Å². The fourth-order valence-corrected chi connectivity index (χ4v) is 3.66. The summed E-state index contributed by atoms with van der Waals surface area (Å²) in [6, 6.07) is 6.14. The normalized spacial score (nSPS) is 25.0. The number of hydrogen-bond acceptors (Lipinski definition) is 3. The van der Waals surface area contributed by atoms with Crippen molar-refractivity contribution in [1.82, 2.24) is 4.90 Å². The minimum atomic E-state index is -0.763. The number of amides is 2.